The molecule has 96 valence electrons. The Bertz CT molecular complexity index is 329. The molecule has 1 aromatic carbocycles. The SMILES string of the molecule is CC(CN)N(C)C(=O)CCc1ccccc1.Cl. The van der Waals surface area contributed by atoms with Gasteiger partial charge in [0.15, 0.2) is 0 Å². The lowest BCUT2D eigenvalue weighted by molar-refractivity contribution is -0.131. The van der Waals surface area contributed by atoms with Crippen molar-refractivity contribution in [2.24, 2.45) is 5.73 Å². The summed E-state index contributed by atoms with van der Waals surface area (Å²) in [6.45, 7) is 2.47. The van der Waals surface area contributed by atoms with Gasteiger partial charge >= 0.3 is 0 Å². The van der Waals surface area contributed by atoms with E-state index in [4.69, 9.17) is 5.73 Å². The third-order valence-corrected chi connectivity index (χ3v) is 2.87. The van der Waals surface area contributed by atoms with Crippen molar-refractivity contribution in [3.63, 3.8) is 0 Å². The number of nitrogens with two attached hydrogens (primary N) is 1. The van der Waals surface area contributed by atoms with Gasteiger partial charge in [0.2, 0.25) is 5.91 Å². The molecule has 17 heavy (non-hydrogen) atoms. The fraction of sp³-hybridized carbons (Fsp3) is 0.462. The Morgan fingerprint density at radius 3 is 2.47 bits per heavy atom. The van der Waals surface area contributed by atoms with Crippen molar-refractivity contribution >= 4 is 18.3 Å². The molecule has 2 N–H and O–H groups in total. The van der Waals surface area contributed by atoms with Crippen LogP contribution in [0.25, 0.3) is 0 Å². The zero-order valence-corrected chi connectivity index (χ0v) is 11.2. The molecule has 1 atom stereocenters. The highest BCUT2D eigenvalue weighted by molar-refractivity contribution is 5.85. The van der Waals surface area contributed by atoms with E-state index in [2.05, 4.69) is 0 Å². The fourth-order valence-electron chi connectivity index (χ4n) is 1.48. The van der Waals surface area contributed by atoms with Crippen LogP contribution in [0.4, 0.5) is 0 Å². The largest absolute Gasteiger partial charge is 0.342 e. The van der Waals surface area contributed by atoms with Crippen molar-refractivity contribution in [3.8, 4) is 0 Å². The van der Waals surface area contributed by atoms with Gasteiger partial charge in [-0.3, -0.25) is 4.79 Å². The molecule has 4 heteroatoms. The maximum absolute atomic E-state index is 11.8. The van der Waals surface area contributed by atoms with Crippen molar-refractivity contribution < 1.29 is 4.79 Å². The zero-order chi connectivity index (χ0) is 12.0. The molecule has 1 rings (SSSR count). The van der Waals surface area contributed by atoms with Gasteiger partial charge < -0.3 is 10.6 Å². The zero-order valence-electron chi connectivity index (χ0n) is 10.4. The number of rotatable bonds is 5. The predicted molar refractivity (Wildman–Crippen MR) is 73.3 cm³/mol. The molecule has 0 aliphatic heterocycles. The molecule has 0 radical (unpaired) electrons. The molecule has 0 aliphatic carbocycles. The average molecular weight is 257 g/mol. The normalized spacial score (nSPS) is 11.5. The number of hydrogen-bond donors (Lipinski definition) is 1. The van der Waals surface area contributed by atoms with Gasteiger partial charge in [-0.05, 0) is 18.9 Å². The van der Waals surface area contributed by atoms with Crippen molar-refractivity contribution in [1.29, 1.82) is 0 Å². The lowest BCUT2D eigenvalue weighted by Gasteiger charge is -2.23. The van der Waals surface area contributed by atoms with E-state index in [1.807, 2.05) is 44.3 Å². The number of carbonyl (C=O) groups is 1. The molecule has 0 aromatic heterocycles. The third kappa shape index (κ3) is 5.20. The van der Waals surface area contributed by atoms with E-state index in [0.717, 1.165) is 6.42 Å². The summed E-state index contributed by atoms with van der Waals surface area (Å²) in [5.41, 5.74) is 6.72. The molecule has 0 saturated carbocycles. The minimum Gasteiger partial charge on any atom is -0.342 e. The van der Waals surface area contributed by atoms with E-state index in [1.54, 1.807) is 4.90 Å². The summed E-state index contributed by atoms with van der Waals surface area (Å²) in [5, 5.41) is 0. The summed E-state index contributed by atoms with van der Waals surface area (Å²) in [7, 11) is 1.81. The Balaban J connectivity index is 0.00000256. The van der Waals surface area contributed by atoms with Crippen LogP contribution in [0.2, 0.25) is 0 Å². The first-order valence-corrected chi connectivity index (χ1v) is 5.64. The molecule has 0 bridgehead atoms. The van der Waals surface area contributed by atoms with E-state index >= 15 is 0 Å². The molecule has 0 aliphatic rings. The standard InChI is InChI=1S/C13H20N2O.ClH/c1-11(10-14)15(2)13(16)9-8-12-6-4-3-5-7-12;/h3-7,11H,8-10,14H2,1-2H3;1H. The first kappa shape index (κ1) is 15.9. The van der Waals surface area contributed by atoms with Crippen LogP contribution >= 0.6 is 12.4 Å². The molecule has 0 spiro atoms. The average Bonchev–Trinajstić information content (AvgIpc) is 2.35. The highest BCUT2D eigenvalue weighted by Gasteiger charge is 2.13. The van der Waals surface area contributed by atoms with Crippen LogP contribution in [-0.4, -0.2) is 30.4 Å². The minimum atomic E-state index is 0. The summed E-state index contributed by atoms with van der Waals surface area (Å²) < 4.78 is 0. The van der Waals surface area contributed by atoms with Crippen LogP contribution in [0.5, 0.6) is 0 Å². The van der Waals surface area contributed by atoms with E-state index in [0.29, 0.717) is 13.0 Å². The Hall–Kier alpha value is -1.06. The van der Waals surface area contributed by atoms with E-state index in [-0.39, 0.29) is 24.4 Å². The summed E-state index contributed by atoms with van der Waals surface area (Å²) >= 11 is 0. The van der Waals surface area contributed by atoms with Gasteiger partial charge in [-0.1, -0.05) is 30.3 Å². The maximum atomic E-state index is 11.8. The van der Waals surface area contributed by atoms with Crippen LogP contribution in [-0.2, 0) is 11.2 Å². The van der Waals surface area contributed by atoms with Crippen LogP contribution < -0.4 is 5.73 Å². The summed E-state index contributed by atoms with van der Waals surface area (Å²) in [6, 6.07) is 10.2. The second-order valence-electron chi connectivity index (χ2n) is 4.07. The molecular formula is C13H21ClN2O. The highest BCUT2D eigenvalue weighted by atomic mass is 35.5. The van der Waals surface area contributed by atoms with Crippen molar-refractivity contribution in [3.05, 3.63) is 35.9 Å². The number of benzene rings is 1. The van der Waals surface area contributed by atoms with Gasteiger partial charge in [-0.2, -0.15) is 0 Å². The predicted octanol–water partition coefficient (Wildman–Crippen LogP) is 1.85. The van der Waals surface area contributed by atoms with Gasteiger partial charge in [-0.25, -0.2) is 0 Å². The molecule has 1 aromatic rings. The van der Waals surface area contributed by atoms with Crippen molar-refractivity contribution in [2.75, 3.05) is 13.6 Å². The third-order valence-electron chi connectivity index (χ3n) is 2.87. The second kappa shape index (κ2) is 8.09. The van der Waals surface area contributed by atoms with Gasteiger partial charge in [0, 0.05) is 26.1 Å². The quantitative estimate of drug-likeness (QED) is 0.874. The molecule has 0 fully saturated rings. The molecule has 0 saturated heterocycles. The Morgan fingerprint density at radius 1 is 1.35 bits per heavy atom. The number of carbonyl (C=O) groups excluding carboxylic acids is 1. The Kier molecular flexibility index (Phi) is 7.59. The van der Waals surface area contributed by atoms with Gasteiger partial charge in [0.25, 0.3) is 0 Å². The fourth-order valence-corrected chi connectivity index (χ4v) is 1.48. The minimum absolute atomic E-state index is 0. The molecular weight excluding hydrogens is 236 g/mol. The van der Waals surface area contributed by atoms with Crippen molar-refractivity contribution in [1.82, 2.24) is 4.90 Å². The highest BCUT2D eigenvalue weighted by Crippen LogP contribution is 2.05. The lowest BCUT2D eigenvalue weighted by atomic mass is 10.1. The monoisotopic (exact) mass is 256 g/mol. The topological polar surface area (TPSA) is 46.3 Å². The Morgan fingerprint density at radius 2 is 1.94 bits per heavy atom. The van der Waals surface area contributed by atoms with Gasteiger partial charge in [0.05, 0.1) is 0 Å². The maximum Gasteiger partial charge on any atom is 0.222 e. The first-order valence-electron chi connectivity index (χ1n) is 5.64. The number of nitrogens with zero attached hydrogens (tertiary/aromatic N) is 1. The number of aryl methyl sites for hydroxylation is 1. The summed E-state index contributed by atoms with van der Waals surface area (Å²) in [6.07, 6.45) is 1.34. The van der Waals surface area contributed by atoms with E-state index in [9.17, 15) is 4.79 Å². The number of hydrogen-bond acceptors (Lipinski definition) is 2. The first-order chi connectivity index (χ1) is 7.65. The van der Waals surface area contributed by atoms with Crippen LogP contribution in [0.1, 0.15) is 18.9 Å². The van der Waals surface area contributed by atoms with Crippen LogP contribution in [0.15, 0.2) is 30.3 Å². The van der Waals surface area contributed by atoms with E-state index in [1.165, 1.54) is 5.56 Å². The molecule has 3 nitrogen and oxygen atoms in total. The Labute approximate surface area is 109 Å². The number of halogens is 1. The van der Waals surface area contributed by atoms with Crippen LogP contribution in [0, 0.1) is 0 Å². The van der Waals surface area contributed by atoms with Gasteiger partial charge in [0.1, 0.15) is 0 Å². The lowest BCUT2D eigenvalue weighted by Crippen LogP contribution is -2.39. The molecule has 1 unspecified atom stereocenters. The van der Waals surface area contributed by atoms with Gasteiger partial charge in [-0.15, -0.1) is 12.4 Å². The number of amides is 1. The second-order valence-corrected chi connectivity index (χ2v) is 4.07. The molecule has 0 heterocycles. The smallest absolute Gasteiger partial charge is 0.222 e. The number of likely N-dealkylation sites (N-methyl/N-ethyl adjacent to an activating group) is 1. The van der Waals surface area contributed by atoms with Crippen LogP contribution in [0.3, 0.4) is 0 Å². The van der Waals surface area contributed by atoms with E-state index < -0.39 is 0 Å². The molecule has 1 amide bonds. The van der Waals surface area contributed by atoms with Crippen molar-refractivity contribution in [2.45, 2.75) is 25.8 Å². The summed E-state index contributed by atoms with van der Waals surface area (Å²) in [4.78, 5) is 13.5. The summed E-state index contributed by atoms with van der Waals surface area (Å²) in [5.74, 6) is 0.154.